The monoisotopic (exact) mass is 476 g/mol. The highest BCUT2D eigenvalue weighted by molar-refractivity contribution is 6.74. The molecule has 0 saturated heterocycles. The molecule has 0 heterocycles. The van der Waals surface area contributed by atoms with Crippen LogP contribution in [0.2, 0.25) is 18.1 Å². The van der Waals surface area contributed by atoms with Gasteiger partial charge in [-0.05, 0) is 54.7 Å². The minimum atomic E-state index is -4.33. The van der Waals surface area contributed by atoms with Crippen LogP contribution >= 0.6 is 0 Å². The van der Waals surface area contributed by atoms with Gasteiger partial charge in [-0.15, -0.1) is 0 Å². The van der Waals surface area contributed by atoms with E-state index in [0.717, 1.165) is 17.5 Å². The third-order valence-electron chi connectivity index (χ3n) is 6.63. The molecule has 2 rings (SSSR count). The third-order valence-corrected chi connectivity index (χ3v) is 11.1. The Morgan fingerprint density at radius 1 is 0.879 bits per heavy atom. The van der Waals surface area contributed by atoms with Gasteiger partial charge in [0.15, 0.2) is 8.32 Å². The Bertz CT molecular complexity index is 918. The number of aryl methyl sites for hydroxylation is 1. The van der Waals surface area contributed by atoms with E-state index in [0.29, 0.717) is 6.61 Å². The minimum Gasteiger partial charge on any atom is -0.416 e. The Labute approximate surface area is 199 Å². The molecule has 2 aromatic carbocycles. The van der Waals surface area contributed by atoms with Crippen LogP contribution in [0.3, 0.4) is 0 Å². The zero-order valence-electron chi connectivity index (χ0n) is 21.3. The highest BCUT2D eigenvalue weighted by Gasteiger charge is 2.38. The lowest BCUT2D eigenvalue weighted by molar-refractivity contribution is -0.137. The van der Waals surface area contributed by atoms with Crippen molar-refractivity contribution >= 4 is 8.32 Å². The highest BCUT2D eigenvalue weighted by atomic mass is 28.4. The van der Waals surface area contributed by atoms with Crippen molar-refractivity contribution in [2.45, 2.75) is 78.2 Å². The van der Waals surface area contributed by atoms with E-state index in [-0.39, 0.29) is 16.4 Å². The molecule has 2 aromatic rings. The molecule has 33 heavy (non-hydrogen) atoms. The molecule has 0 spiro atoms. The molecule has 0 fully saturated rings. The Balaban J connectivity index is 2.27. The number of rotatable bonds is 8. The van der Waals surface area contributed by atoms with Crippen molar-refractivity contribution in [3.05, 3.63) is 82.9 Å². The van der Waals surface area contributed by atoms with Crippen molar-refractivity contribution in [1.82, 2.24) is 0 Å². The number of alkyl halides is 3. The molecule has 0 aliphatic rings. The van der Waals surface area contributed by atoms with Crippen molar-refractivity contribution in [3.63, 3.8) is 0 Å². The summed E-state index contributed by atoms with van der Waals surface area (Å²) in [7, 11) is -1.87. The number of allylic oxidation sites excluding steroid dienone is 1. The van der Waals surface area contributed by atoms with Crippen LogP contribution in [0.1, 0.15) is 62.8 Å². The van der Waals surface area contributed by atoms with Crippen LogP contribution in [0.5, 0.6) is 0 Å². The fraction of sp³-hybridized carbons (Fsp3) is 0.500. The standard InChI is InChI=1S/C28H39F3OSi/c1-21-9-11-22(12-10-21)19-24(23-13-15-25(16-14-23)28(29,30)31)17-18-27(5,6)20-32-33(7,8)26(2,3)4/h9-18,24H,19-20H2,1-8H3/b18-17+. The van der Waals surface area contributed by atoms with Crippen molar-refractivity contribution in [3.8, 4) is 0 Å². The molecule has 0 radical (unpaired) electrons. The topological polar surface area (TPSA) is 9.23 Å². The van der Waals surface area contributed by atoms with Crippen molar-refractivity contribution in [2.24, 2.45) is 5.41 Å². The van der Waals surface area contributed by atoms with Gasteiger partial charge in [0.05, 0.1) is 5.56 Å². The smallest absolute Gasteiger partial charge is 0.416 e. The van der Waals surface area contributed by atoms with E-state index in [9.17, 15) is 13.2 Å². The van der Waals surface area contributed by atoms with Crippen LogP contribution in [0.25, 0.3) is 0 Å². The lowest BCUT2D eigenvalue weighted by atomic mass is 9.87. The molecule has 1 nitrogen and oxygen atoms in total. The van der Waals surface area contributed by atoms with Gasteiger partial charge in [-0.1, -0.05) is 88.7 Å². The van der Waals surface area contributed by atoms with Crippen LogP contribution in [-0.2, 0) is 17.0 Å². The summed E-state index contributed by atoms with van der Waals surface area (Å²) in [4.78, 5) is 0. The first-order valence-electron chi connectivity index (χ1n) is 11.6. The summed E-state index contributed by atoms with van der Waals surface area (Å²) < 4.78 is 45.6. The molecular formula is C28H39F3OSi. The summed E-state index contributed by atoms with van der Waals surface area (Å²) in [5.74, 6) is -0.0258. The largest absolute Gasteiger partial charge is 0.416 e. The summed E-state index contributed by atoms with van der Waals surface area (Å²) in [6.45, 7) is 18.1. The van der Waals surface area contributed by atoms with Gasteiger partial charge in [0.1, 0.15) is 0 Å². The summed E-state index contributed by atoms with van der Waals surface area (Å²) >= 11 is 0. The van der Waals surface area contributed by atoms with Gasteiger partial charge >= 0.3 is 6.18 Å². The fourth-order valence-corrected chi connectivity index (χ4v) is 4.37. The minimum absolute atomic E-state index is 0.0258. The first-order valence-corrected chi connectivity index (χ1v) is 14.5. The predicted octanol–water partition coefficient (Wildman–Crippen LogP) is 8.94. The molecule has 0 aliphatic carbocycles. The molecule has 0 saturated carbocycles. The van der Waals surface area contributed by atoms with Gasteiger partial charge in [-0.3, -0.25) is 0 Å². The molecule has 182 valence electrons. The zero-order valence-corrected chi connectivity index (χ0v) is 22.3. The fourth-order valence-electron chi connectivity index (χ4n) is 3.20. The van der Waals surface area contributed by atoms with Crippen LogP contribution in [-0.4, -0.2) is 14.9 Å². The van der Waals surface area contributed by atoms with Gasteiger partial charge in [-0.25, -0.2) is 0 Å². The molecular weight excluding hydrogens is 437 g/mol. The van der Waals surface area contributed by atoms with E-state index in [1.54, 1.807) is 12.1 Å². The van der Waals surface area contributed by atoms with Crippen LogP contribution in [0.15, 0.2) is 60.7 Å². The zero-order chi connectivity index (χ0) is 25.1. The van der Waals surface area contributed by atoms with E-state index < -0.39 is 20.1 Å². The van der Waals surface area contributed by atoms with E-state index in [1.165, 1.54) is 17.7 Å². The summed E-state index contributed by atoms with van der Waals surface area (Å²) in [6.07, 6.45) is 0.694. The molecule has 1 unspecified atom stereocenters. The maximum atomic E-state index is 13.0. The van der Waals surface area contributed by atoms with Gasteiger partial charge in [0.25, 0.3) is 0 Å². The predicted molar refractivity (Wildman–Crippen MR) is 135 cm³/mol. The number of benzene rings is 2. The highest BCUT2D eigenvalue weighted by Crippen LogP contribution is 2.38. The molecule has 0 aromatic heterocycles. The molecule has 5 heteroatoms. The second-order valence-electron chi connectivity index (χ2n) is 11.3. The first-order chi connectivity index (χ1) is 15.0. The van der Waals surface area contributed by atoms with Crippen LogP contribution < -0.4 is 0 Å². The second kappa shape index (κ2) is 10.2. The molecule has 0 amide bonds. The van der Waals surface area contributed by atoms with Gasteiger partial charge < -0.3 is 4.43 Å². The van der Waals surface area contributed by atoms with Gasteiger partial charge in [-0.2, -0.15) is 13.2 Å². The summed E-state index contributed by atoms with van der Waals surface area (Å²) in [5, 5.41) is 0.140. The average molecular weight is 477 g/mol. The van der Waals surface area contributed by atoms with Crippen molar-refractivity contribution in [1.29, 1.82) is 0 Å². The van der Waals surface area contributed by atoms with Crippen LogP contribution in [0.4, 0.5) is 13.2 Å². The number of hydrogen-bond acceptors (Lipinski definition) is 1. The van der Waals surface area contributed by atoms with E-state index >= 15 is 0 Å². The molecule has 0 bridgehead atoms. The van der Waals surface area contributed by atoms with E-state index in [2.05, 4.69) is 84.1 Å². The Kier molecular flexibility index (Phi) is 8.45. The quantitative estimate of drug-likeness (QED) is 0.273. The lowest BCUT2D eigenvalue weighted by Gasteiger charge is -2.38. The summed E-state index contributed by atoms with van der Waals surface area (Å²) in [6, 6.07) is 13.9. The Hall–Kier alpha value is -1.85. The maximum absolute atomic E-state index is 13.0. The van der Waals surface area contributed by atoms with Crippen molar-refractivity contribution < 1.29 is 17.6 Å². The Morgan fingerprint density at radius 2 is 1.42 bits per heavy atom. The van der Waals surface area contributed by atoms with E-state index in [1.807, 2.05) is 6.92 Å². The second-order valence-corrected chi connectivity index (χ2v) is 16.1. The normalized spacial score (nSPS) is 14.6. The third kappa shape index (κ3) is 8.15. The van der Waals surface area contributed by atoms with Crippen molar-refractivity contribution in [2.75, 3.05) is 6.61 Å². The Morgan fingerprint density at radius 3 is 1.91 bits per heavy atom. The van der Waals surface area contributed by atoms with E-state index in [4.69, 9.17) is 4.43 Å². The molecule has 0 N–H and O–H groups in total. The SMILES string of the molecule is Cc1ccc(CC(/C=C/C(C)(C)CO[Si](C)(C)C(C)(C)C)c2ccc(C(F)(F)F)cc2)cc1. The number of halogens is 3. The average Bonchev–Trinajstić information content (AvgIpc) is 2.70. The maximum Gasteiger partial charge on any atom is 0.416 e. The first kappa shape index (κ1) is 27.4. The molecule has 1 atom stereocenters. The van der Waals surface area contributed by atoms with Gasteiger partial charge in [0.2, 0.25) is 0 Å². The van der Waals surface area contributed by atoms with Gasteiger partial charge in [0, 0.05) is 17.9 Å². The van der Waals surface area contributed by atoms with Crippen LogP contribution in [0, 0.1) is 12.3 Å². The summed E-state index contributed by atoms with van der Waals surface area (Å²) in [5.41, 5.74) is 2.41. The lowest BCUT2D eigenvalue weighted by Crippen LogP contribution is -2.42. The number of hydrogen-bond donors (Lipinski definition) is 0. The molecule has 0 aliphatic heterocycles.